The average Bonchev–Trinajstić information content (AvgIpc) is 3.40. The molecule has 0 heterocycles. The van der Waals surface area contributed by atoms with E-state index in [1.54, 1.807) is 18.2 Å². The molecule has 26 heavy (non-hydrogen) atoms. The zero-order chi connectivity index (χ0) is 18.8. The number of carbonyl (C=O) groups excluding carboxylic acids is 1. The second kappa shape index (κ2) is 7.33. The molecule has 0 unspecified atom stereocenters. The normalized spacial score (nSPS) is 14.6. The lowest BCUT2D eigenvalue weighted by Gasteiger charge is -2.15. The van der Waals surface area contributed by atoms with Gasteiger partial charge in [0.2, 0.25) is 0 Å². The minimum absolute atomic E-state index is 0.0379. The number of ether oxygens (including phenoxy) is 1. The van der Waals surface area contributed by atoms with Crippen molar-refractivity contribution in [2.24, 2.45) is 0 Å². The van der Waals surface area contributed by atoms with Gasteiger partial charge in [-0.2, -0.15) is 0 Å². The summed E-state index contributed by atoms with van der Waals surface area (Å²) in [5.41, 5.74) is 0.836. The molecule has 0 radical (unpaired) electrons. The second-order valence-corrected chi connectivity index (χ2v) is 6.62. The number of hydrogen-bond donors (Lipinski definition) is 2. The Morgan fingerprint density at radius 2 is 2.00 bits per heavy atom. The number of rotatable bonds is 6. The van der Waals surface area contributed by atoms with Crippen LogP contribution in [0, 0.1) is 5.82 Å². The Balaban J connectivity index is 1.92. The number of nitrogens with one attached hydrogen (secondary N) is 1. The van der Waals surface area contributed by atoms with E-state index in [-0.39, 0.29) is 17.4 Å². The Hall–Kier alpha value is -2.60. The summed E-state index contributed by atoms with van der Waals surface area (Å²) in [6, 6.07) is 8.97. The first-order valence-corrected chi connectivity index (χ1v) is 8.52. The Morgan fingerprint density at radius 3 is 2.62 bits per heavy atom. The fourth-order valence-electron chi connectivity index (χ4n) is 2.43. The van der Waals surface area contributed by atoms with Gasteiger partial charge in [0.25, 0.3) is 5.91 Å². The standard InChI is InChI=1S/C19H17ClFNO4/c1-10(19(24)25)26-17-7-3-12(20)9-15(17)11-2-6-14(16(21)8-11)18(23)22-13-4-5-13/h2-3,6-10,13H,4-5H2,1H3,(H,22,23)(H,24,25)/t10-/m0/s1. The summed E-state index contributed by atoms with van der Waals surface area (Å²) in [6.07, 6.45) is 0.746. The highest BCUT2D eigenvalue weighted by molar-refractivity contribution is 6.31. The molecular weight excluding hydrogens is 361 g/mol. The van der Waals surface area contributed by atoms with Gasteiger partial charge in [0.15, 0.2) is 6.10 Å². The molecule has 136 valence electrons. The van der Waals surface area contributed by atoms with Gasteiger partial charge in [-0.15, -0.1) is 0 Å². The summed E-state index contributed by atoms with van der Waals surface area (Å²) in [4.78, 5) is 23.1. The zero-order valence-electron chi connectivity index (χ0n) is 14.0. The van der Waals surface area contributed by atoms with Crippen molar-refractivity contribution in [1.82, 2.24) is 5.32 Å². The van der Waals surface area contributed by atoms with Crippen LogP contribution in [-0.4, -0.2) is 29.1 Å². The molecule has 1 saturated carbocycles. The number of carboxylic acids is 1. The van der Waals surface area contributed by atoms with E-state index in [2.05, 4.69) is 5.32 Å². The summed E-state index contributed by atoms with van der Waals surface area (Å²) in [7, 11) is 0. The number of hydrogen-bond acceptors (Lipinski definition) is 3. The van der Waals surface area contributed by atoms with Crippen molar-refractivity contribution < 1.29 is 23.8 Å². The molecule has 2 aromatic rings. The first-order valence-electron chi connectivity index (χ1n) is 8.15. The van der Waals surface area contributed by atoms with Gasteiger partial charge in [-0.1, -0.05) is 17.7 Å². The van der Waals surface area contributed by atoms with Gasteiger partial charge in [-0.05, 0) is 55.7 Å². The highest BCUT2D eigenvalue weighted by Gasteiger charge is 2.25. The van der Waals surface area contributed by atoms with Crippen molar-refractivity contribution in [3.63, 3.8) is 0 Å². The van der Waals surface area contributed by atoms with E-state index >= 15 is 0 Å². The lowest BCUT2D eigenvalue weighted by atomic mass is 10.0. The van der Waals surface area contributed by atoms with E-state index < -0.39 is 23.8 Å². The summed E-state index contributed by atoms with van der Waals surface area (Å²) >= 11 is 6.02. The number of benzene rings is 2. The second-order valence-electron chi connectivity index (χ2n) is 6.18. The molecule has 1 atom stereocenters. The number of halogens is 2. The van der Waals surface area contributed by atoms with Gasteiger partial charge in [-0.25, -0.2) is 9.18 Å². The molecule has 0 spiro atoms. The topological polar surface area (TPSA) is 75.6 Å². The monoisotopic (exact) mass is 377 g/mol. The van der Waals surface area contributed by atoms with E-state index in [4.69, 9.17) is 21.4 Å². The van der Waals surface area contributed by atoms with E-state index in [0.29, 0.717) is 16.1 Å². The van der Waals surface area contributed by atoms with Crippen LogP contribution in [0.3, 0.4) is 0 Å². The van der Waals surface area contributed by atoms with Crippen LogP contribution in [0.1, 0.15) is 30.1 Å². The zero-order valence-corrected chi connectivity index (χ0v) is 14.7. The summed E-state index contributed by atoms with van der Waals surface area (Å²) in [5.74, 6) is -1.97. The molecule has 1 aliphatic carbocycles. The van der Waals surface area contributed by atoms with Crippen LogP contribution >= 0.6 is 11.6 Å². The molecule has 5 nitrogen and oxygen atoms in total. The molecule has 7 heteroatoms. The Bertz CT molecular complexity index is 867. The van der Waals surface area contributed by atoms with Gasteiger partial charge in [0.05, 0.1) is 5.56 Å². The highest BCUT2D eigenvalue weighted by atomic mass is 35.5. The van der Waals surface area contributed by atoms with Crippen molar-refractivity contribution in [3.05, 3.63) is 52.8 Å². The maximum Gasteiger partial charge on any atom is 0.344 e. The van der Waals surface area contributed by atoms with Crippen LogP contribution in [0.25, 0.3) is 11.1 Å². The van der Waals surface area contributed by atoms with Crippen LogP contribution in [0.2, 0.25) is 5.02 Å². The van der Waals surface area contributed by atoms with Crippen LogP contribution in [0.5, 0.6) is 5.75 Å². The van der Waals surface area contributed by atoms with E-state index in [1.165, 1.54) is 25.1 Å². The maximum absolute atomic E-state index is 14.5. The number of aliphatic carboxylic acids is 1. The first kappa shape index (κ1) is 18.2. The molecule has 0 aliphatic heterocycles. The predicted octanol–water partition coefficient (Wildman–Crippen LogP) is 3.89. The average molecular weight is 378 g/mol. The molecule has 1 amide bonds. The van der Waals surface area contributed by atoms with Gasteiger partial charge in [-0.3, -0.25) is 4.79 Å². The quantitative estimate of drug-likeness (QED) is 0.800. The molecule has 1 aliphatic rings. The summed E-state index contributed by atoms with van der Waals surface area (Å²) in [6.45, 7) is 1.40. The Morgan fingerprint density at radius 1 is 1.27 bits per heavy atom. The lowest BCUT2D eigenvalue weighted by molar-refractivity contribution is -0.144. The van der Waals surface area contributed by atoms with Crippen LogP contribution in [0.15, 0.2) is 36.4 Å². The molecule has 1 fully saturated rings. The third-order valence-electron chi connectivity index (χ3n) is 4.03. The van der Waals surface area contributed by atoms with Crippen molar-refractivity contribution in [2.75, 3.05) is 0 Å². The van der Waals surface area contributed by atoms with Crippen molar-refractivity contribution >= 4 is 23.5 Å². The SMILES string of the molecule is C[C@H](Oc1ccc(Cl)cc1-c1ccc(C(=O)NC2CC2)c(F)c1)C(=O)O. The molecule has 0 aromatic heterocycles. The summed E-state index contributed by atoms with van der Waals surface area (Å²) in [5, 5.41) is 12.2. The minimum Gasteiger partial charge on any atom is -0.479 e. The van der Waals surface area contributed by atoms with Crippen molar-refractivity contribution in [1.29, 1.82) is 0 Å². The third kappa shape index (κ3) is 4.14. The number of carboxylic acid groups (broad SMARTS) is 1. The largest absolute Gasteiger partial charge is 0.479 e. The molecule has 2 aromatic carbocycles. The fourth-order valence-corrected chi connectivity index (χ4v) is 2.60. The van der Waals surface area contributed by atoms with E-state index in [0.717, 1.165) is 12.8 Å². The Kier molecular flexibility index (Phi) is 5.13. The molecule has 2 N–H and O–H groups in total. The number of carbonyl (C=O) groups is 2. The van der Waals surface area contributed by atoms with Gasteiger partial charge in [0, 0.05) is 16.6 Å². The first-order chi connectivity index (χ1) is 12.3. The van der Waals surface area contributed by atoms with Crippen LogP contribution in [0.4, 0.5) is 4.39 Å². The molecule has 3 rings (SSSR count). The van der Waals surface area contributed by atoms with E-state index in [1.807, 2.05) is 0 Å². The Labute approximate surface area is 154 Å². The molecule has 0 saturated heterocycles. The van der Waals surface area contributed by atoms with Gasteiger partial charge < -0.3 is 15.2 Å². The van der Waals surface area contributed by atoms with Crippen molar-refractivity contribution in [3.8, 4) is 16.9 Å². The smallest absolute Gasteiger partial charge is 0.344 e. The van der Waals surface area contributed by atoms with Crippen LogP contribution in [-0.2, 0) is 4.79 Å². The van der Waals surface area contributed by atoms with E-state index in [9.17, 15) is 14.0 Å². The third-order valence-corrected chi connectivity index (χ3v) is 4.27. The van der Waals surface area contributed by atoms with Crippen molar-refractivity contribution in [2.45, 2.75) is 31.9 Å². The summed E-state index contributed by atoms with van der Waals surface area (Å²) < 4.78 is 19.9. The number of amides is 1. The lowest BCUT2D eigenvalue weighted by Crippen LogP contribution is -2.26. The highest BCUT2D eigenvalue weighted by Crippen LogP contribution is 2.34. The van der Waals surface area contributed by atoms with Crippen LogP contribution < -0.4 is 10.1 Å². The fraction of sp³-hybridized carbons (Fsp3) is 0.263. The maximum atomic E-state index is 14.5. The molecular formula is C19H17ClFNO4. The molecule has 0 bridgehead atoms. The van der Waals surface area contributed by atoms with Gasteiger partial charge >= 0.3 is 5.97 Å². The minimum atomic E-state index is -1.12. The van der Waals surface area contributed by atoms with Gasteiger partial charge in [0.1, 0.15) is 11.6 Å². The predicted molar refractivity (Wildman–Crippen MR) is 95.1 cm³/mol.